The monoisotopic (exact) mass is 417 g/mol. The molecular weight excluding hydrogens is 390 g/mol. The second-order valence-electron chi connectivity index (χ2n) is 6.60. The molecule has 0 saturated carbocycles. The molecule has 2 unspecified atom stereocenters. The molecule has 1 N–H and O–H groups in total. The van der Waals surface area contributed by atoms with Crippen molar-refractivity contribution in [3.05, 3.63) is 23.9 Å². The van der Waals surface area contributed by atoms with E-state index in [4.69, 9.17) is 18.9 Å². The number of anilines is 2. The Labute approximate surface area is 175 Å². The molecule has 162 valence electrons. The quantitative estimate of drug-likeness (QED) is 0.726. The summed E-state index contributed by atoms with van der Waals surface area (Å²) in [7, 11) is 4.60. The molecule has 3 heterocycles. The average molecular weight is 417 g/mol. The molecule has 30 heavy (non-hydrogen) atoms. The number of carbonyl (C=O) groups is 1. The Morgan fingerprint density at radius 2 is 1.73 bits per heavy atom. The van der Waals surface area contributed by atoms with Crippen LogP contribution in [0, 0.1) is 0 Å². The number of aromatic nitrogens is 3. The minimum absolute atomic E-state index is 0.0863. The molecule has 10 heteroatoms. The van der Waals surface area contributed by atoms with Gasteiger partial charge in [0.15, 0.2) is 0 Å². The summed E-state index contributed by atoms with van der Waals surface area (Å²) in [6.07, 6.45) is 0.936. The Balaban J connectivity index is 2.03. The van der Waals surface area contributed by atoms with Crippen LogP contribution in [0.25, 0.3) is 0 Å². The summed E-state index contributed by atoms with van der Waals surface area (Å²) in [5.41, 5.74) is 1.32. The highest BCUT2D eigenvalue weighted by atomic mass is 16.6. The Morgan fingerprint density at radius 1 is 1.07 bits per heavy atom. The van der Waals surface area contributed by atoms with Crippen molar-refractivity contribution in [2.45, 2.75) is 38.8 Å². The van der Waals surface area contributed by atoms with Crippen LogP contribution in [-0.2, 0) is 4.74 Å². The number of ether oxygens (including phenoxy) is 4. The predicted molar refractivity (Wildman–Crippen MR) is 110 cm³/mol. The van der Waals surface area contributed by atoms with E-state index in [1.165, 1.54) is 14.2 Å². The topological polar surface area (TPSA) is 108 Å². The van der Waals surface area contributed by atoms with Gasteiger partial charge in [-0.1, -0.05) is 6.92 Å². The summed E-state index contributed by atoms with van der Waals surface area (Å²) in [6, 6.07) is 4.80. The Kier molecular flexibility index (Phi) is 6.76. The highest BCUT2D eigenvalue weighted by Gasteiger charge is 2.38. The maximum atomic E-state index is 12.7. The van der Waals surface area contributed by atoms with E-state index in [9.17, 15) is 4.79 Å². The van der Waals surface area contributed by atoms with Crippen molar-refractivity contribution in [3.63, 3.8) is 0 Å². The fraction of sp³-hybridized carbons (Fsp3) is 0.500. The van der Waals surface area contributed by atoms with E-state index >= 15 is 0 Å². The van der Waals surface area contributed by atoms with Gasteiger partial charge in [-0.3, -0.25) is 4.90 Å². The molecule has 2 aromatic heterocycles. The van der Waals surface area contributed by atoms with Crippen LogP contribution in [0.4, 0.5) is 16.4 Å². The van der Waals surface area contributed by atoms with Crippen LogP contribution < -0.4 is 24.4 Å². The van der Waals surface area contributed by atoms with Gasteiger partial charge in [-0.15, -0.1) is 0 Å². The van der Waals surface area contributed by atoms with Gasteiger partial charge in [0.1, 0.15) is 0 Å². The predicted octanol–water partition coefficient (Wildman–Crippen LogP) is 3.20. The summed E-state index contributed by atoms with van der Waals surface area (Å²) in [6.45, 7) is 4.11. The van der Waals surface area contributed by atoms with Gasteiger partial charge in [-0.2, -0.15) is 9.97 Å². The van der Waals surface area contributed by atoms with Gasteiger partial charge in [0.25, 0.3) is 0 Å². The van der Waals surface area contributed by atoms with E-state index in [-0.39, 0.29) is 12.1 Å². The van der Waals surface area contributed by atoms with Crippen molar-refractivity contribution in [1.82, 2.24) is 15.0 Å². The summed E-state index contributed by atoms with van der Waals surface area (Å²) < 4.78 is 21.1. The number of methoxy groups -OCH3 is 3. The third kappa shape index (κ3) is 4.32. The van der Waals surface area contributed by atoms with Crippen molar-refractivity contribution >= 4 is 17.7 Å². The first-order valence-electron chi connectivity index (χ1n) is 9.79. The number of hydrogen-bond acceptors (Lipinski definition) is 9. The van der Waals surface area contributed by atoms with E-state index in [1.54, 1.807) is 31.1 Å². The molecule has 0 saturated heterocycles. The highest BCUT2D eigenvalue weighted by Crippen LogP contribution is 2.40. The number of pyridine rings is 1. The zero-order valence-electron chi connectivity index (χ0n) is 17.8. The third-order valence-electron chi connectivity index (χ3n) is 4.89. The maximum absolute atomic E-state index is 12.7. The zero-order valence-corrected chi connectivity index (χ0v) is 17.8. The fourth-order valence-corrected chi connectivity index (χ4v) is 3.46. The lowest BCUT2D eigenvalue weighted by molar-refractivity contribution is 0.155. The van der Waals surface area contributed by atoms with Crippen LogP contribution in [0.3, 0.4) is 0 Å². The second-order valence-corrected chi connectivity index (χ2v) is 6.60. The summed E-state index contributed by atoms with van der Waals surface area (Å²) in [5.74, 6) is 1.54. The van der Waals surface area contributed by atoms with Crippen LogP contribution in [0.1, 0.15) is 38.4 Å². The lowest BCUT2D eigenvalue weighted by Crippen LogP contribution is -2.46. The van der Waals surface area contributed by atoms with Gasteiger partial charge >= 0.3 is 6.09 Å². The molecule has 0 radical (unpaired) electrons. The molecule has 1 aliphatic heterocycles. The van der Waals surface area contributed by atoms with E-state index in [0.29, 0.717) is 48.0 Å². The van der Waals surface area contributed by atoms with Gasteiger partial charge < -0.3 is 24.3 Å². The van der Waals surface area contributed by atoms with Crippen molar-refractivity contribution in [2.75, 3.05) is 38.2 Å². The molecule has 0 bridgehead atoms. The minimum atomic E-state index is -0.393. The van der Waals surface area contributed by atoms with E-state index in [0.717, 1.165) is 6.42 Å². The summed E-state index contributed by atoms with van der Waals surface area (Å²) in [5, 5.41) is 3.31. The number of carbonyl (C=O) groups excluding carboxylic acids is 1. The fourth-order valence-electron chi connectivity index (χ4n) is 3.46. The van der Waals surface area contributed by atoms with Crippen LogP contribution >= 0.6 is 0 Å². The van der Waals surface area contributed by atoms with Crippen molar-refractivity contribution < 1.29 is 23.7 Å². The third-order valence-corrected chi connectivity index (χ3v) is 4.89. The molecule has 1 aliphatic rings. The molecule has 0 aromatic carbocycles. The number of nitrogens with zero attached hydrogens (tertiary/aromatic N) is 4. The Morgan fingerprint density at radius 3 is 2.30 bits per heavy atom. The molecule has 0 spiro atoms. The smallest absolute Gasteiger partial charge is 0.414 e. The molecule has 3 rings (SSSR count). The minimum Gasteiger partial charge on any atom is -0.481 e. The van der Waals surface area contributed by atoms with Crippen LogP contribution in [0.15, 0.2) is 18.2 Å². The largest absolute Gasteiger partial charge is 0.481 e. The highest BCUT2D eigenvalue weighted by molar-refractivity contribution is 5.90. The Bertz CT molecular complexity index is 872. The maximum Gasteiger partial charge on any atom is 0.414 e. The molecule has 1 amide bonds. The van der Waals surface area contributed by atoms with Gasteiger partial charge in [0.05, 0.1) is 51.4 Å². The molecule has 2 atom stereocenters. The van der Waals surface area contributed by atoms with Crippen molar-refractivity contribution in [3.8, 4) is 17.6 Å². The number of rotatable bonds is 7. The van der Waals surface area contributed by atoms with Gasteiger partial charge in [-0.25, -0.2) is 9.78 Å². The first-order valence-corrected chi connectivity index (χ1v) is 9.79. The average Bonchev–Trinajstić information content (AvgIpc) is 2.78. The summed E-state index contributed by atoms with van der Waals surface area (Å²) >= 11 is 0. The van der Waals surface area contributed by atoms with Crippen molar-refractivity contribution in [2.24, 2.45) is 0 Å². The molecule has 2 aromatic rings. The van der Waals surface area contributed by atoms with Crippen LogP contribution in [0.2, 0.25) is 0 Å². The van der Waals surface area contributed by atoms with Crippen LogP contribution in [-0.4, -0.2) is 55.0 Å². The van der Waals surface area contributed by atoms with Gasteiger partial charge in [0, 0.05) is 12.1 Å². The normalized spacial score (nSPS) is 17.7. The Hall–Kier alpha value is -3.30. The van der Waals surface area contributed by atoms with E-state index in [1.807, 2.05) is 13.0 Å². The number of hydrogen-bond donors (Lipinski definition) is 1. The van der Waals surface area contributed by atoms with E-state index in [2.05, 4.69) is 20.3 Å². The second kappa shape index (κ2) is 9.47. The molecule has 0 fully saturated rings. The van der Waals surface area contributed by atoms with Gasteiger partial charge in [-0.05, 0) is 25.8 Å². The number of amides is 1. The molecular formula is C20H27N5O5. The standard InChI is InChI=1S/C20H27N5O5/c1-6-12-10-13(21-19-23-16(28-4)11-17(24-19)29-5)18-14(8-9-15(22-18)27-3)25(12)20(26)30-7-2/h8-9,11-13H,6-7,10H2,1-5H3,(H,21,23,24). The van der Waals surface area contributed by atoms with Gasteiger partial charge in [0.2, 0.25) is 23.6 Å². The van der Waals surface area contributed by atoms with E-state index < -0.39 is 6.09 Å². The SMILES string of the molecule is CCOC(=O)N1c2ccc(OC)nc2C(Nc2nc(OC)cc(OC)n2)CC1CC. The first kappa shape index (κ1) is 21.4. The molecule has 10 nitrogen and oxygen atoms in total. The first-order chi connectivity index (χ1) is 14.5. The lowest BCUT2D eigenvalue weighted by Gasteiger charge is -2.39. The lowest BCUT2D eigenvalue weighted by atomic mass is 9.93. The zero-order chi connectivity index (χ0) is 21.7. The van der Waals surface area contributed by atoms with Crippen molar-refractivity contribution in [1.29, 1.82) is 0 Å². The summed E-state index contributed by atoms with van der Waals surface area (Å²) in [4.78, 5) is 27.7. The number of nitrogens with one attached hydrogen (secondary N) is 1. The number of fused-ring (bicyclic) bond motifs is 1. The molecule has 0 aliphatic carbocycles. The van der Waals surface area contributed by atoms with Crippen LogP contribution in [0.5, 0.6) is 17.6 Å².